The summed E-state index contributed by atoms with van der Waals surface area (Å²) in [6, 6.07) is 5.88. The number of fused-ring (bicyclic) bond motifs is 1. The topological polar surface area (TPSA) is 54.2 Å². The van der Waals surface area contributed by atoms with Crippen molar-refractivity contribution >= 4 is 11.6 Å². The van der Waals surface area contributed by atoms with Crippen molar-refractivity contribution in [2.24, 2.45) is 5.92 Å². The van der Waals surface area contributed by atoms with Crippen LogP contribution in [0.3, 0.4) is 0 Å². The number of nitrogens with one attached hydrogen (secondary N) is 2. The molecule has 0 aliphatic carbocycles. The highest BCUT2D eigenvalue weighted by Gasteiger charge is 2.13. The second kappa shape index (κ2) is 4.71. The van der Waals surface area contributed by atoms with Gasteiger partial charge in [0, 0.05) is 12.7 Å². The highest BCUT2D eigenvalue weighted by atomic mass is 15.3. The van der Waals surface area contributed by atoms with E-state index in [-0.39, 0.29) is 0 Å². The zero-order chi connectivity index (χ0) is 11.5. The Kier molecular flexibility index (Phi) is 2.92. The fourth-order valence-electron chi connectivity index (χ4n) is 2.26. The van der Waals surface area contributed by atoms with Gasteiger partial charge in [-0.15, -0.1) is 5.10 Å². The molecule has 0 bridgehead atoms. The molecule has 3 heterocycles. The van der Waals surface area contributed by atoms with E-state index in [2.05, 4.69) is 20.7 Å². The van der Waals surface area contributed by atoms with E-state index in [0.29, 0.717) is 0 Å². The van der Waals surface area contributed by atoms with Crippen LogP contribution in [0.15, 0.2) is 24.4 Å². The van der Waals surface area contributed by atoms with Crippen LogP contribution in [-0.4, -0.2) is 34.2 Å². The molecule has 0 radical (unpaired) electrons. The van der Waals surface area contributed by atoms with Crippen LogP contribution in [0, 0.1) is 5.92 Å². The number of rotatable bonds is 4. The lowest BCUT2D eigenvalue weighted by molar-refractivity contribution is 0.548. The molecule has 2 aromatic heterocycles. The molecule has 0 aromatic carbocycles. The van der Waals surface area contributed by atoms with E-state index in [9.17, 15) is 0 Å². The van der Waals surface area contributed by atoms with E-state index in [4.69, 9.17) is 0 Å². The highest BCUT2D eigenvalue weighted by molar-refractivity contribution is 5.42. The standard InChI is InChI=1S/C12H17N5/c1-2-8-17-11(3-1)15-12(16-17)14-7-5-10-4-6-13-9-10/h1-3,8,10,13H,4-7,9H2,(H,14,16). The first-order valence-corrected chi connectivity index (χ1v) is 6.18. The second-order valence-electron chi connectivity index (χ2n) is 4.51. The van der Waals surface area contributed by atoms with Gasteiger partial charge in [-0.05, 0) is 44.0 Å². The zero-order valence-corrected chi connectivity index (χ0v) is 9.76. The molecule has 0 spiro atoms. The molecule has 17 heavy (non-hydrogen) atoms. The summed E-state index contributed by atoms with van der Waals surface area (Å²) in [4.78, 5) is 4.40. The molecule has 1 aliphatic heterocycles. The Bertz CT molecular complexity index is 453. The minimum Gasteiger partial charge on any atom is -0.353 e. The smallest absolute Gasteiger partial charge is 0.243 e. The average molecular weight is 231 g/mol. The van der Waals surface area contributed by atoms with Gasteiger partial charge in [-0.2, -0.15) is 4.98 Å². The summed E-state index contributed by atoms with van der Waals surface area (Å²) < 4.78 is 1.79. The zero-order valence-electron chi connectivity index (χ0n) is 9.76. The molecule has 0 amide bonds. The molecule has 90 valence electrons. The van der Waals surface area contributed by atoms with Crippen molar-refractivity contribution in [3.05, 3.63) is 24.4 Å². The van der Waals surface area contributed by atoms with E-state index in [0.717, 1.165) is 37.1 Å². The fourth-order valence-corrected chi connectivity index (χ4v) is 2.26. The summed E-state index contributed by atoms with van der Waals surface area (Å²) in [5.74, 6) is 1.53. The Morgan fingerprint density at radius 1 is 1.47 bits per heavy atom. The quantitative estimate of drug-likeness (QED) is 0.828. The number of anilines is 1. The molecule has 2 N–H and O–H groups in total. The van der Waals surface area contributed by atoms with Gasteiger partial charge in [0.15, 0.2) is 5.65 Å². The molecule has 1 aliphatic rings. The summed E-state index contributed by atoms with van der Waals surface area (Å²) >= 11 is 0. The van der Waals surface area contributed by atoms with E-state index < -0.39 is 0 Å². The van der Waals surface area contributed by atoms with Crippen molar-refractivity contribution in [1.29, 1.82) is 0 Å². The molecule has 1 saturated heterocycles. The van der Waals surface area contributed by atoms with Crippen molar-refractivity contribution in [2.75, 3.05) is 25.0 Å². The molecule has 3 rings (SSSR count). The third-order valence-electron chi connectivity index (χ3n) is 3.24. The van der Waals surface area contributed by atoms with Gasteiger partial charge in [0.2, 0.25) is 5.95 Å². The fraction of sp³-hybridized carbons (Fsp3) is 0.500. The summed E-state index contributed by atoms with van der Waals surface area (Å²) in [7, 11) is 0. The summed E-state index contributed by atoms with van der Waals surface area (Å²) in [6.07, 6.45) is 4.39. The van der Waals surface area contributed by atoms with Crippen LogP contribution in [0.5, 0.6) is 0 Å². The maximum absolute atomic E-state index is 4.40. The van der Waals surface area contributed by atoms with Gasteiger partial charge in [0.25, 0.3) is 0 Å². The first-order valence-electron chi connectivity index (χ1n) is 6.18. The van der Waals surface area contributed by atoms with Gasteiger partial charge in [0.05, 0.1) is 0 Å². The molecule has 5 heteroatoms. The van der Waals surface area contributed by atoms with Crippen molar-refractivity contribution in [1.82, 2.24) is 19.9 Å². The number of aromatic nitrogens is 3. The van der Waals surface area contributed by atoms with Crippen LogP contribution in [0.25, 0.3) is 5.65 Å². The summed E-state index contributed by atoms with van der Waals surface area (Å²) in [6.45, 7) is 3.26. The Morgan fingerprint density at radius 3 is 3.29 bits per heavy atom. The van der Waals surface area contributed by atoms with Gasteiger partial charge in [0.1, 0.15) is 0 Å². The lowest BCUT2D eigenvalue weighted by Gasteiger charge is -2.07. The first-order chi connectivity index (χ1) is 8.42. The number of nitrogens with zero attached hydrogens (tertiary/aromatic N) is 3. The van der Waals surface area contributed by atoms with Crippen LogP contribution in [0.4, 0.5) is 5.95 Å². The van der Waals surface area contributed by atoms with Crippen LogP contribution in [0.2, 0.25) is 0 Å². The maximum atomic E-state index is 4.40. The number of hydrogen-bond acceptors (Lipinski definition) is 4. The van der Waals surface area contributed by atoms with Crippen LogP contribution < -0.4 is 10.6 Å². The molecule has 2 aromatic rings. The Hall–Kier alpha value is -1.62. The van der Waals surface area contributed by atoms with Crippen LogP contribution in [-0.2, 0) is 0 Å². The molecule has 0 saturated carbocycles. The maximum Gasteiger partial charge on any atom is 0.243 e. The van der Waals surface area contributed by atoms with E-state index in [1.54, 1.807) is 4.52 Å². The lowest BCUT2D eigenvalue weighted by Crippen LogP contribution is -2.13. The van der Waals surface area contributed by atoms with Gasteiger partial charge >= 0.3 is 0 Å². The lowest BCUT2D eigenvalue weighted by atomic mass is 10.1. The normalized spacial score (nSPS) is 19.9. The summed E-state index contributed by atoms with van der Waals surface area (Å²) in [5.41, 5.74) is 0.887. The largest absolute Gasteiger partial charge is 0.353 e. The van der Waals surface area contributed by atoms with E-state index in [1.807, 2.05) is 24.4 Å². The number of hydrogen-bond donors (Lipinski definition) is 2. The first kappa shape index (κ1) is 10.5. The van der Waals surface area contributed by atoms with Crippen molar-refractivity contribution in [3.63, 3.8) is 0 Å². The molecular weight excluding hydrogens is 214 g/mol. The predicted molar refractivity (Wildman–Crippen MR) is 67.1 cm³/mol. The monoisotopic (exact) mass is 231 g/mol. The minimum atomic E-state index is 0.724. The Balaban J connectivity index is 1.57. The van der Waals surface area contributed by atoms with E-state index >= 15 is 0 Å². The van der Waals surface area contributed by atoms with Crippen molar-refractivity contribution in [3.8, 4) is 0 Å². The van der Waals surface area contributed by atoms with Gasteiger partial charge in [-0.3, -0.25) is 0 Å². The van der Waals surface area contributed by atoms with Gasteiger partial charge < -0.3 is 10.6 Å². The van der Waals surface area contributed by atoms with Crippen LogP contribution >= 0.6 is 0 Å². The Labute approximate surface area is 100 Å². The van der Waals surface area contributed by atoms with Crippen molar-refractivity contribution in [2.45, 2.75) is 12.8 Å². The average Bonchev–Trinajstić information content (AvgIpc) is 2.96. The number of pyridine rings is 1. The molecule has 5 nitrogen and oxygen atoms in total. The molecular formula is C12H17N5. The third kappa shape index (κ3) is 2.39. The van der Waals surface area contributed by atoms with Crippen molar-refractivity contribution < 1.29 is 0 Å². The summed E-state index contributed by atoms with van der Waals surface area (Å²) in [5, 5.41) is 11.0. The molecule has 1 atom stereocenters. The Morgan fingerprint density at radius 2 is 2.47 bits per heavy atom. The van der Waals surface area contributed by atoms with Gasteiger partial charge in [-0.25, -0.2) is 4.52 Å². The van der Waals surface area contributed by atoms with E-state index in [1.165, 1.54) is 12.8 Å². The van der Waals surface area contributed by atoms with Gasteiger partial charge in [-0.1, -0.05) is 6.07 Å². The highest BCUT2D eigenvalue weighted by Crippen LogP contribution is 2.12. The molecule has 1 fully saturated rings. The molecule has 1 unspecified atom stereocenters. The van der Waals surface area contributed by atoms with Crippen LogP contribution in [0.1, 0.15) is 12.8 Å². The second-order valence-corrected chi connectivity index (χ2v) is 4.51. The third-order valence-corrected chi connectivity index (χ3v) is 3.24. The predicted octanol–water partition coefficient (Wildman–Crippen LogP) is 1.14. The minimum absolute atomic E-state index is 0.724. The SMILES string of the molecule is c1ccn2nc(NCCC3CCNC3)nc2c1.